The predicted molar refractivity (Wildman–Crippen MR) is 203 cm³/mol. The molecule has 5 nitrogen and oxygen atoms in total. The van der Waals surface area contributed by atoms with Gasteiger partial charge >= 0.3 is 0 Å². The molecule has 5 heteroatoms. The number of para-hydroxylation sites is 2. The van der Waals surface area contributed by atoms with Gasteiger partial charge in [-0.25, -0.2) is 15.0 Å². The van der Waals surface area contributed by atoms with Gasteiger partial charge in [0.2, 0.25) is 0 Å². The molecule has 3 heterocycles. The van der Waals surface area contributed by atoms with Crippen LogP contribution >= 0.6 is 0 Å². The maximum absolute atomic E-state index is 9.24. The van der Waals surface area contributed by atoms with Crippen LogP contribution in [-0.2, 0) is 0 Å². The average molecular weight is 651 g/mol. The quantitative estimate of drug-likeness (QED) is 0.186. The van der Waals surface area contributed by atoms with E-state index in [4.69, 9.17) is 31.7 Å². The standard InChI is InChI=1S/C45H28N4O/c1-3-12-30(13-4-1)43-46-44(31-14-5-2-6-15-31)48-45(47-43)32-24-22-29(23-25-32)33-16-11-17-34(28-33)49-39-20-9-7-18-35(39)37-26-27-38-36-19-8-10-21-40(36)50-42(38)41(37)49/h1-28H/i7D,8D,9D,10D,18D,19D,20D,21D,26D,27D. The highest BCUT2D eigenvalue weighted by atomic mass is 16.3. The van der Waals surface area contributed by atoms with Crippen molar-refractivity contribution in [2.75, 3.05) is 0 Å². The molecular formula is C45H28N4O. The lowest BCUT2D eigenvalue weighted by atomic mass is 10.0. The van der Waals surface area contributed by atoms with Crippen LogP contribution in [0.25, 0.3) is 94.7 Å². The third kappa shape index (κ3) is 4.60. The van der Waals surface area contributed by atoms with Gasteiger partial charge in [0.05, 0.1) is 24.7 Å². The predicted octanol–water partition coefficient (Wildman–Crippen LogP) is 11.5. The summed E-state index contributed by atoms with van der Waals surface area (Å²) < 4.78 is 95.4. The summed E-state index contributed by atoms with van der Waals surface area (Å²) in [6.07, 6.45) is 0. The maximum Gasteiger partial charge on any atom is 0.164 e. The molecule has 0 unspecified atom stereocenters. The first kappa shape index (κ1) is 19.8. The number of rotatable bonds is 5. The Labute approximate surface area is 301 Å². The fraction of sp³-hybridized carbons (Fsp3) is 0. The summed E-state index contributed by atoms with van der Waals surface area (Å²) in [5.74, 6) is 1.55. The molecule has 0 amide bonds. The van der Waals surface area contributed by atoms with Crippen LogP contribution < -0.4 is 0 Å². The summed E-state index contributed by atoms with van der Waals surface area (Å²) in [6, 6.07) is 29.8. The molecule has 10 rings (SSSR count). The molecule has 0 saturated carbocycles. The summed E-state index contributed by atoms with van der Waals surface area (Å²) in [4.78, 5) is 14.5. The smallest absolute Gasteiger partial charge is 0.164 e. The van der Waals surface area contributed by atoms with E-state index in [1.807, 2.05) is 97.1 Å². The second kappa shape index (κ2) is 11.4. The molecule has 0 bridgehead atoms. The van der Waals surface area contributed by atoms with Crippen LogP contribution in [0.5, 0.6) is 0 Å². The van der Waals surface area contributed by atoms with Crippen molar-refractivity contribution >= 4 is 43.7 Å². The molecule has 0 spiro atoms. The van der Waals surface area contributed by atoms with E-state index in [2.05, 4.69) is 0 Å². The molecule has 0 N–H and O–H groups in total. The summed E-state index contributed by atoms with van der Waals surface area (Å²) >= 11 is 0. The van der Waals surface area contributed by atoms with Crippen molar-refractivity contribution in [3.63, 3.8) is 0 Å². The highest BCUT2D eigenvalue weighted by Gasteiger charge is 2.19. The number of benzene rings is 7. The number of hydrogen-bond donors (Lipinski definition) is 0. The summed E-state index contributed by atoms with van der Waals surface area (Å²) in [6.45, 7) is 0. The molecule has 0 aliphatic rings. The Bertz CT molecular complexity index is 3370. The second-order valence-electron chi connectivity index (χ2n) is 11.7. The number of furan rings is 1. The summed E-state index contributed by atoms with van der Waals surface area (Å²) in [7, 11) is 0. The molecule has 3 aromatic heterocycles. The van der Waals surface area contributed by atoms with E-state index in [1.54, 1.807) is 16.7 Å². The molecule has 0 aliphatic heterocycles. The minimum atomic E-state index is -0.525. The van der Waals surface area contributed by atoms with E-state index in [1.165, 1.54) is 0 Å². The van der Waals surface area contributed by atoms with Gasteiger partial charge in [0, 0.05) is 43.9 Å². The van der Waals surface area contributed by atoms with Crippen LogP contribution in [0, 0.1) is 0 Å². The fourth-order valence-corrected chi connectivity index (χ4v) is 6.40. The van der Waals surface area contributed by atoms with Crippen molar-refractivity contribution in [2.24, 2.45) is 0 Å². The topological polar surface area (TPSA) is 56.7 Å². The third-order valence-corrected chi connectivity index (χ3v) is 8.74. The Morgan fingerprint density at radius 2 is 1.02 bits per heavy atom. The number of nitrogens with zero attached hydrogens (tertiary/aromatic N) is 4. The van der Waals surface area contributed by atoms with E-state index < -0.39 is 48.3 Å². The number of aromatic nitrogens is 4. The van der Waals surface area contributed by atoms with Crippen molar-refractivity contribution in [1.82, 2.24) is 19.5 Å². The molecule has 0 atom stereocenters. The van der Waals surface area contributed by atoms with Gasteiger partial charge in [-0.2, -0.15) is 0 Å². The van der Waals surface area contributed by atoms with E-state index >= 15 is 0 Å². The first-order valence-electron chi connectivity index (χ1n) is 20.9. The van der Waals surface area contributed by atoms with Gasteiger partial charge in [0.1, 0.15) is 5.58 Å². The lowest BCUT2D eigenvalue weighted by molar-refractivity contribution is 0.671. The Morgan fingerprint density at radius 1 is 0.460 bits per heavy atom. The molecule has 7 aromatic carbocycles. The zero-order chi connectivity index (χ0) is 41.7. The van der Waals surface area contributed by atoms with Crippen LogP contribution in [0.2, 0.25) is 0 Å². The van der Waals surface area contributed by atoms with Crippen molar-refractivity contribution in [1.29, 1.82) is 0 Å². The first-order valence-corrected chi connectivity index (χ1v) is 15.9. The Kier molecular flexibility index (Phi) is 4.52. The highest BCUT2D eigenvalue weighted by molar-refractivity contribution is 6.21. The molecule has 10 aromatic rings. The van der Waals surface area contributed by atoms with Gasteiger partial charge in [0.25, 0.3) is 0 Å². The summed E-state index contributed by atoms with van der Waals surface area (Å²) in [5, 5.41) is -0.0507. The van der Waals surface area contributed by atoms with Crippen LogP contribution in [0.15, 0.2) is 174 Å². The minimum absolute atomic E-state index is 0.00765. The Hall–Kier alpha value is -6.85. The lowest BCUT2D eigenvalue weighted by Crippen LogP contribution is -2.00. The average Bonchev–Trinajstić information content (AvgIpc) is 3.87. The van der Waals surface area contributed by atoms with E-state index in [0.717, 1.165) is 27.8 Å². The van der Waals surface area contributed by atoms with Gasteiger partial charge in [-0.1, -0.05) is 139 Å². The normalized spacial score (nSPS) is 14.4. The lowest BCUT2D eigenvalue weighted by Gasteiger charge is -2.11. The van der Waals surface area contributed by atoms with Gasteiger partial charge in [-0.3, -0.25) is 0 Å². The van der Waals surface area contributed by atoms with E-state index in [-0.39, 0.29) is 55.8 Å². The molecule has 0 aliphatic carbocycles. The molecule has 0 radical (unpaired) electrons. The van der Waals surface area contributed by atoms with Gasteiger partial charge in [-0.15, -0.1) is 0 Å². The zero-order valence-electron chi connectivity index (χ0n) is 36.1. The number of fused-ring (bicyclic) bond motifs is 7. The third-order valence-electron chi connectivity index (χ3n) is 8.74. The Balaban J connectivity index is 1.18. The largest absolute Gasteiger partial charge is 0.454 e. The van der Waals surface area contributed by atoms with Crippen molar-refractivity contribution in [2.45, 2.75) is 0 Å². The first-order chi connectivity index (χ1) is 28.9. The minimum Gasteiger partial charge on any atom is -0.454 e. The van der Waals surface area contributed by atoms with Crippen molar-refractivity contribution in [3.8, 4) is 51.0 Å². The van der Waals surface area contributed by atoms with Crippen molar-refractivity contribution in [3.05, 3.63) is 170 Å². The van der Waals surface area contributed by atoms with E-state index in [0.29, 0.717) is 23.2 Å². The SMILES string of the molecule is [2H]c1c([2H])c([2H])c2c(oc3c2c([2H])c([2H])c2c4c([2H])c([2H])c([2H])c([2H])c4n(-c4cccc(-c5ccc(-c6nc(-c7ccccc7)nc(-c7ccccc7)n6)cc5)c4)c32)c1[2H]. The van der Waals surface area contributed by atoms with Crippen molar-refractivity contribution < 1.29 is 18.1 Å². The van der Waals surface area contributed by atoms with Crippen LogP contribution in [-0.4, -0.2) is 19.5 Å². The fourth-order valence-electron chi connectivity index (χ4n) is 6.40. The van der Waals surface area contributed by atoms with Crippen LogP contribution in [0.4, 0.5) is 0 Å². The second-order valence-corrected chi connectivity index (χ2v) is 11.7. The Morgan fingerprint density at radius 3 is 1.72 bits per heavy atom. The number of hydrogen-bond acceptors (Lipinski definition) is 4. The molecule has 234 valence electrons. The van der Waals surface area contributed by atoms with Gasteiger partial charge in [-0.05, 0) is 41.4 Å². The van der Waals surface area contributed by atoms with E-state index in [9.17, 15) is 1.37 Å². The van der Waals surface area contributed by atoms with Gasteiger partial charge in [0.15, 0.2) is 23.1 Å². The highest BCUT2D eigenvalue weighted by Crippen LogP contribution is 2.40. The molecule has 0 fully saturated rings. The zero-order valence-corrected chi connectivity index (χ0v) is 26.1. The summed E-state index contributed by atoms with van der Waals surface area (Å²) in [5.41, 5.74) is 4.36. The maximum atomic E-state index is 9.24. The monoisotopic (exact) mass is 650 g/mol. The van der Waals surface area contributed by atoms with Gasteiger partial charge < -0.3 is 8.98 Å². The molecule has 50 heavy (non-hydrogen) atoms. The molecule has 0 saturated heterocycles. The molecular weight excluding hydrogens is 613 g/mol. The van der Waals surface area contributed by atoms with Crippen LogP contribution in [0.3, 0.4) is 0 Å². The van der Waals surface area contributed by atoms with Crippen LogP contribution in [0.1, 0.15) is 13.7 Å².